The lowest BCUT2D eigenvalue weighted by atomic mass is 10.0. The Morgan fingerprint density at radius 3 is 2.47 bits per heavy atom. The Hall–Kier alpha value is -3.77. The molecule has 2 aromatic carbocycles. The van der Waals surface area contributed by atoms with Crippen molar-refractivity contribution in [3.05, 3.63) is 99.9 Å². The lowest BCUT2D eigenvalue weighted by Gasteiger charge is -2.20. The first kappa shape index (κ1) is 22.0. The molecule has 2 heterocycles. The van der Waals surface area contributed by atoms with Gasteiger partial charge in [-0.25, -0.2) is 5.10 Å². The zero-order chi connectivity index (χ0) is 23.7. The third kappa shape index (κ3) is 4.13. The molecular formula is C28H28N4O2. The number of fused-ring (bicyclic) bond motifs is 1. The van der Waals surface area contributed by atoms with Gasteiger partial charge in [-0.05, 0) is 49.4 Å². The number of rotatable bonds is 6. The second-order valence-corrected chi connectivity index (χ2v) is 8.95. The SMILES string of the molecule is C=C/C=C\c1c(-c2ccc(N3CCC(NC4Cc5ccccc5C4)C3=O)cc2)n[nH]c(=O)c1C. The van der Waals surface area contributed by atoms with Gasteiger partial charge >= 0.3 is 0 Å². The molecule has 0 saturated carbocycles. The van der Waals surface area contributed by atoms with Crippen LogP contribution in [0.1, 0.15) is 28.7 Å². The number of aromatic amines is 1. The summed E-state index contributed by atoms with van der Waals surface area (Å²) >= 11 is 0. The van der Waals surface area contributed by atoms with Gasteiger partial charge in [0.25, 0.3) is 5.56 Å². The van der Waals surface area contributed by atoms with Crippen molar-refractivity contribution in [2.45, 2.75) is 38.3 Å². The zero-order valence-electron chi connectivity index (χ0n) is 19.3. The molecule has 0 radical (unpaired) electrons. The summed E-state index contributed by atoms with van der Waals surface area (Å²) in [6.07, 6.45) is 8.05. The van der Waals surface area contributed by atoms with Crippen LogP contribution in [0.25, 0.3) is 17.3 Å². The van der Waals surface area contributed by atoms with Crippen LogP contribution in [0.4, 0.5) is 5.69 Å². The molecule has 6 nitrogen and oxygen atoms in total. The van der Waals surface area contributed by atoms with Gasteiger partial charge in [-0.15, -0.1) is 0 Å². The van der Waals surface area contributed by atoms with Crippen molar-refractivity contribution in [1.82, 2.24) is 15.5 Å². The molecule has 1 saturated heterocycles. The number of anilines is 1. The number of allylic oxidation sites excluding steroid dienone is 2. The van der Waals surface area contributed by atoms with Crippen LogP contribution in [-0.4, -0.2) is 34.7 Å². The molecule has 1 aliphatic carbocycles. The summed E-state index contributed by atoms with van der Waals surface area (Å²) in [7, 11) is 0. The smallest absolute Gasteiger partial charge is 0.267 e. The second kappa shape index (κ2) is 9.23. The first-order valence-corrected chi connectivity index (χ1v) is 11.7. The number of aromatic nitrogens is 2. The minimum Gasteiger partial charge on any atom is -0.311 e. The molecule has 6 heteroatoms. The van der Waals surface area contributed by atoms with Gasteiger partial charge in [0.15, 0.2) is 0 Å². The van der Waals surface area contributed by atoms with E-state index in [4.69, 9.17) is 0 Å². The molecule has 1 fully saturated rings. The Bertz CT molecular complexity index is 1300. The van der Waals surface area contributed by atoms with Gasteiger partial charge < -0.3 is 10.2 Å². The summed E-state index contributed by atoms with van der Waals surface area (Å²) in [5.74, 6) is 0.122. The van der Waals surface area contributed by atoms with Crippen LogP contribution in [0.15, 0.2) is 72.1 Å². The number of nitrogens with one attached hydrogen (secondary N) is 2. The molecule has 1 amide bonds. The molecule has 1 unspecified atom stereocenters. The van der Waals surface area contributed by atoms with Crippen LogP contribution >= 0.6 is 0 Å². The third-order valence-corrected chi connectivity index (χ3v) is 6.81. The lowest BCUT2D eigenvalue weighted by molar-refractivity contribution is -0.119. The Morgan fingerprint density at radius 2 is 1.79 bits per heavy atom. The molecule has 0 spiro atoms. The normalized spacial score (nSPS) is 18.1. The number of hydrogen-bond donors (Lipinski definition) is 2. The quantitative estimate of drug-likeness (QED) is 0.558. The van der Waals surface area contributed by atoms with Crippen LogP contribution in [-0.2, 0) is 17.6 Å². The van der Waals surface area contributed by atoms with Crippen molar-refractivity contribution in [1.29, 1.82) is 0 Å². The molecule has 1 aliphatic heterocycles. The molecule has 1 atom stereocenters. The van der Waals surface area contributed by atoms with Gasteiger partial charge in [0.1, 0.15) is 0 Å². The highest BCUT2D eigenvalue weighted by atomic mass is 16.2. The molecule has 2 aliphatic rings. The first-order chi connectivity index (χ1) is 16.5. The van der Waals surface area contributed by atoms with Gasteiger partial charge in [0.2, 0.25) is 5.91 Å². The molecule has 172 valence electrons. The predicted octanol–water partition coefficient (Wildman–Crippen LogP) is 3.81. The molecule has 0 bridgehead atoms. The Morgan fingerprint density at radius 1 is 1.09 bits per heavy atom. The Kier molecular flexibility index (Phi) is 5.99. The molecule has 3 aromatic rings. The Balaban J connectivity index is 1.31. The summed E-state index contributed by atoms with van der Waals surface area (Å²) in [5.41, 5.74) is 6.34. The molecule has 34 heavy (non-hydrogen) atoms. The van der Waals surface area contributed by atoms with E-state index >= 15 is 0 Å². The van der Waals surface area contributed by atoms with Gasteiger partial charge in [-0.3, -0.25) is 9.59 Å². The summed E-state index contributed by atoms with van der Waals surface area (Å²) in [6.45, 7) is 6.18. The largest absolute Gasteiger partial charge is 0.311 e. The van der Waals surface area contributed by atoms with Crippen LogP contribution in [0, 0.1) is 6.92 Å². The van der Waals surface area contributed by atoms with E-state index in [0.717, 1.165) is 36.1 Å². The summed E-state index contributed by atoms with van der Waals surface area (Å²) in [4.78, 5) is 27.1. The van der Waals surface area contributed by atoms with E-state index in [1.165, 1.54) is 11.1 Å². The van der Waals surface area contributed by atoms with Crippen molar-refractivity contribution < 1.29 is 4.79 Å². The highest BCUT2D eigenvalue weighted by molar-refractivity contribution is 5.99. The molecule has 5 rings (SSSR count). The van der Waals surface area contributed by atoms with E-state index in [-0.39, 0.29) is 17.5 Å². The second-order valence-electron chi connectivity index (χ2n) is 8.95. The van der Waals surface area contributed by atoms with Crippen LogP contribution < -0.4 is 15.8 Å². The average molecular weight is 453 g/mol. The van der Waals surface area contributed by atoms with E-state index in [9.17, 15) is 9.59 Å². The van der Waals surface area contributed by atoms with Crippen molar-refractivity contribution in [2.24, 2.45) is 0 Å². The number of carbonyl (C=O) groups is 1. The highest BCUT2D eigenvalue weighted by Crippen LogP contribution is 2.29. The number of nitrogens with zero attached hydrogens (tertiary/aromatic N) is 2. The lowest BCUT2D eigenvalue weighted by Crippen LogP contribution is -2.44. The van der Waals surface area contributed by atoms with Gasteiger partial charge in [0.05, 0.1) is 11.7 Å². The molecule has 1 aromatic heterocycles. The van der Waals surface area contributed by atoms with E-state index in [0.29, 0.717) is 23.8 Å². The molecular weight excluding hydrogens is 424 g/mol. The van der Waals surface area contributed by atoms with E-state index < -0.39 is 0 Å². The number of amides is 1. The van der Waals surface area contributed by atoms with Gasteiger partial charge in [-0.1, -0.05) is 61.2 Å². The maximum Gasteiger partial charge on any atom is 0.267 e. The fourth-order valence-corrected chi connectivity index (χ4v) is 4.99. The number of carbonyl (C=O) groups excluding carboxylic acids is 1. The van der Waals surface area contributed by atoms with E-state index in [1.807, 2.05) is 35.2 Å². The third-order valence-electron chi connectivity index (χ3n) is 6.81. The van der Waals surface area contributed by atoms with E-state index in [1.54, 1.807) is 19.1 Å². The van der Waals surface area contributed by atoms with E-state index in [2.05, 4.69) is 46.4 Å². The van der Waals surface area contributed by atoms with Crippen LogP contribution in [0.5, 0.6) is 0 Å². The zero-order valence-corrected chi connectivity index (χ0v) is 19.3. The topological polar surface area (TPSA) is 78.1 Å². The van der Waals surface area contributed by atoms with Crippen molar-refractivity contribution in [3.63, 3.8) is 0 Å². The van der Waals surface area contributed by atoms with Crippen molar-refractivity contribution >= 4 is 17.7 Å². The average Bonchev–Trinajstić information content (AvgIpc) is 3.43. The fraction of sp³-hybridized carbons (Fsp3) is 0.250. The predicted molar refractivity (Wildman–Crippen MR) is 136 cm³/mol. The highest BCUT2D eigenvalue weighted by Gasteiger charge is 2.35. The van der Waals surface area contributed by atoms with Crippen LogP contribution in [0.2, 0.25) is 0 Å². The van der Waals surface area contributed by atoms with Crippen LogP contribution in [0.3, 0.4) is 0 Å². The number of benzene rings is 2. The minimum atomic E-state index is -0.212. The van der Waals surface area contributed by atoms with Gasteiger partial charge in [0, 0.05) is 35.0 Å². The molecule has 2 N–H and O–H groups in total. The monoisotopic (exact) mass is 452 g/mol. The fourth-order valence-electron chi connectivity index (χ4n) is 4.99. The maximum absolute atomic E-state index is 13.2. The summed E-state index contributed by atoms with van der Waals surface area (Å²) in [5, 5.41) is 10.4. The van der Waals surface area contributed by atoms with Gasteiger partial charge in [-0.2, -0.15) is 5.10 Å². The number of H-pyrrole nitrogens is 1. The van der Waals surface area contributed by atoms with Crippen molar-refractivity contribution in [2.75, 3.05) is 11.4 Å². The maximum atomic E-state index is 13.2. The minimum absolute atomic E-state index is 0.122. The standard InChI is InChI=1S/C28H28N4O2/c1-3-4-9-24-18(2)27(33)31-30-26(24)19-10-12-23(13-11-19)32-15-14-25(28(32)34)29-22-16-20-7-5-6-8-21(20)17-22/h3-13,22,25,29H,1,14-17H2,2H3,(H,31,33)/b9-4-. The number of hydrogen-bond acceptors (Lipinski definition) is 4. The first-order valence-electron chi connectivity index (χ1n) is 11.7. The summed E-state index contributed by atoms with van der Waals surface area (Å²) in [6, 6.07) is 16.5. The van der Waals surface area contributed by atoms with Crippen molar-refractivity contribution in [3.8, 4) is 11.3 Å². The Labute approximate surface area is 199 Å². The summed E-state index contributed by atoms with van der Waals surface area (Å²) < 4.78 is 0.